The number of hydrogen-bond acceptors (Lipinski definition) is 8. The third kappa shape index (κ3) is 4.65. The summed E-state index contributed by atoms with van der Waals surface area (Å²) in [5.41, 5.74) is 8.15. The van der Waals surface area contributed by atoms with Gasteiger partial charge in [-0.15, -0.1) is 0 Å². The fraction of sp³-hybridized carbons (Fsp3) is 0.231. The number of nitrogens with two attached hydrogens (primary N) is 1. The van der Waals surface area contributed by atoms with Gasteiger partial charge >= 0.3 is 5.97 Å². The summed E-state index contributed by atoms with van der Waals surface area (Å²) in [6.07, 6.45) is -0.193. The molecule has 0 aromatic heterocycles. The number of amides is 2. The van der Waals surface area contributed by atoms with Gasteiger partial charge in [0.05, 0.1) is 48.8 Å². The number of methoxy groups -OCH3 is 2. The van der Waals surface area contributed by atoms with Gasteiger partial charge in [0.2, 0.25) is 5.91 Å². The molecule has 2 atom stereocenters. The lowest BCUT2D eigenvalue weighted by molar-refractivity contribution is -0.142. The van der Waals surface area contributed by atoms with Crippen LogP contribution in [-0.2, 0) is 25.7 Å². The molecule has 0 saturated carbocycles. The smallest absolute Gasteiger partial charge is 0.307 e. The average molecular weight is 505 g/mol. The van der Waals surface area contributed by atoms with Crippen molar-refractivity contribution < 1.29 is 23.9 Å². The predicted octanol–water partition coefficient (Wildman–Crippen LogP) is 2.52. The summed E-state index contributed by atoms with van der Waals surface area (Å²) in [4.78, 5) is 40.0. The molecule has 10 heteroatoms. The molecule has 0 radical (unpaired) electrons. The minimum Gasteiger partial charge on any atom is -0.497 e. The number of carbonyl (C=O) groups is 3. The van der Waals surface area contributed by atoms with Crippen LogP contribution in [0.25, 0.3) is 0 Å². The van der Waals surface area contributed by atoms with Crippen LogP contribution < -0.4 is 15.8 Å². The van der Waals surface area contributed by atoms with Gasteiger partial charge in [0.1, 0.15) is 16.8 Å². The molecule has 4 rings (SSSR count). The number of nitrogens with zero attached hydrogens (tertiary/aromatic N) is 2. The van der Waals surface area contributed by atoms with E-state index in [1.165, 1.54) is 12.0 Å². The molecule has 2 amide bonds. The van der Waals surface area contributed by atoms with Crippen molar-refractivity contribution >= 4 is 29.5 Å². The molecule has 2 aromatic carbocycles. The van der Waals surface area contributed by atoms with Crippen LogP contribution in [0.1, 0.15) is 23.5 Å². The van der Waals surface area contributed by atoms with E-state index < -0.39 is 29.0 Å². The minimum absolute atomic E-state index is 0.0576. The highest BCUT2D eigenvalue weighted by Gasteiger charge is 2.48. The third-order valence-corrected chi connectivity index (χ3v) is 7.25. The van der Waals surface area contributed by atoms with E-state index in [0.29, 0.717) is 16.3 Å². The van der Waals surface area contributed by atoms with Crippen LogP contribution in [0.4, 0.5) is 0 Å². The molecule has 1 saturated heterocycles. The van der Waals surface area contributed by atoms with E-state index in [-0.39, 0.29) is 29.9 Å². The van der Waals surface area contributed by atoms with Gasteiger partial charge in [-0.25, -0.2) is 0 Å². The average Bonchev–Trinajstić information content (AvgIpc) is 3.23. The number of esters is 1. The topological polar surface area (TPSA) is 135 Å². The summed E-state index contributed by atoms with van der Waals surface area (Å²) >= 11 is 1.07. The minimum atomic E-state index is -0.836. The van der Waals surface area contributed by atoms with Crippen molar-refractivity contribution in [3.05, 3.63) is 87.7 Å². The van der Waals surface area contributed by atoms with Gasteiger partial charge in [-0.05, 0) is 23.3 Å². The maximum atomic E-state index is 13.7. The number of nitrogens with one attached hydrogen (secondary N) is 1. The van der Waals surface area contributed by atoms with Crippen LogP contribution >= 0.6 is 11.8 Å². The number of benzene rings is 2. The van der Waals surface area contributed by atoms with E-state index in [0.717, 1.165) is 17.3 Å². The Bertz CT molecular complexity index is 1300. The summed E-state index contributed by atoms with van der Waals surface area (Å²) in [5.74, 6) is -1.76. The molecular weight excluding hydrogens is 480 g/mol. The van der Waals surface area contributed by atoms with Crippen LogP contribution in [0.15, 0.2) is 76.6 Å². The van der Waals surface area contributed by atoms with Crippen molar-refractivity contribution in [2.75, 3.05) is 14.2 Å². The van der Waals surface area contributed by atoms with Gasteiger partial charge in [-0.3, -0.25) is 19.3 Å². The molecule has 2 heterocycles. The molecule has 1 fully saturated rings. The first-order valence-electron chi connectivity index (χ1n) is 11.1. The van der Waals surface area contributed by atoms with Gasteiger partial charge in [-0.1, -0.05) is 54.2 Å². The quantitative estimate of drug-likeness (QED) is 0.549. The van der Waals surface area contributed by atoms with E-state index in [4.69, 9.17) is 15.2 Å². The highest BCUT2D eigenvalue weighted by atomic mass is 32.2. The van der Waals surface area contributed by atoms with Gasteiger partial charge in [0.25, 0.3) is 5.91 Å². The van der Waals surface area contributed by atoms with Gasteiger partial charge in [-0.2, -0.15) is 5.26 Å². The number of allylic oxidation sites excluding steroid dienone is 1. The Labute approximate surface area is 212 Å². The van der Waals surface area contributed by atoms with Crippen LogP contribution in [0.3, 0.4) is 0 Å². The maximum absolute atomic E-state index is 13.7. The second-order valence-electron chi connectivity index (χ2n) is 8.06. The first kappa shape index (κ1) is 24.9. The Morgan fingerprint density at radius 1 is 1.14 bits per heavy atom. The predicted molar refractivity (Wildman–Crippen MR) is 133 cm³/mol. The van der Waals surface area contributed by atoms with Crippen molar-refractivity contribution in [1.29, 1.82) is 5.26 Å². The number of carbonyl (C=O) groups excluding carboxylic acids is 3. The van der Waals surface area contributed by atoms with Gasteiger partial charge in [0.15, 0.2) is 0 Å². The Hall–Kier alpha value is -4.23. The molecule has 9 nitrogen and oxygen atoms in total. The first-order valence-corrected chi connectivity index (χ1v) is 11.9. The number of hydrogen-bond donors (Lipinski definition) is 2. The SMILES string of the molecule is COC(=O)C[C@@H]1SC2=C(C(=O)NCc3ccccc3)[C@@H](c3ccc(OC)cc3)C(C#N)=C(N)N2C1=O. The molecule has 0 bridgehead atoms. The standard InChI is InChI=1S/C26H24N4O5S/c1-34-17-10-8-16(9-11-17)21-18(13-27)23(28)30-25(33)19(12-20(31)35-2)36-26(30)22(21)24(32)29-14-15-6-4-3-5-7-15/h3-11,19,21H,12,14,28H2,1-2H3,(H,29,32)/t19-,21-/m0/s1. The Morgan fingerprint density at radius 2 is 1.83 bits per heavy atom. The lowest BCUT2D eigenvalue weighted by Gasteiger charge is -2.32. The van der Waals surface area contributed by atoms with Crippen molar-refractivity contribution in [2.24, 2.45) is 5.73 Å². The third-order valence-electron chi connectivity index (χ3n) is 5.97. The number of ether oxygens (including phenoxy) is 2. The Balaban J connectivity index is 1.81. The van der Waals surface area contributed by atoms with Crippen molar-refractivity contribution in [2.45, 2.75) is 24.1 Å². The second-order valence-corrected chi connectivity index (χ2v) is 9.26. The number of nitriles is 1. The normalized spacial score (nSPS) is 19.0. The molecule has 0 unspecified atom stereocenters. The monoisotopic (exact) mass is 504 g/mol. The summed E-state index contributed by atoms with van der Waals surface area (Å²) in [6, 6.07) is 18.4. The molecule has 2 aliphatic heterocycles. The molecule has 0 aliphatic carbocycles. The number of thioether (sulfide) groups is 1. The summed E-state index contributed by atoms with van der Waals surface area (Å²) in [7, 11) is 2.78. The van der Waals surface area contributed by atoms with Crippen LogP contribution in [-0.4, -0.2) is 42.2 Å². The summed E-state index contributed by atoms with van der Waals surface area (Å²) < 4.78 is 9.98. The Kier molecular flexibility index (Phi) is 7.31. The fourth-order valence-corrected chi connectivity index (χ4v) is 5.47. The highest BCUT2D eigenvalue weighted by molar-refractivity contribution is 8.04. The molecule has 184 valence electrons. The summed E-state index contributed by atoms with van der Waals surface area (Å²) in [6.45, 7) is 0.247. The van der Waals surface area contributed by atoms with E-state index in [9.17, 15) is 19.6 Å². The van der Waals surface area contributed by atoms with E-state index in [2.05, 4.69) is 11.4 Å². The Morgan fingerprint density at radius 3 is 2.44 bits per heavy atom. The highest BCUT2D eigenvalue weighted by Crippen LogP contribution is 2.50. The van der Waals surface area contributed by atoms with Gasteiger partial charge < -0.3 is 20.5 Å². The van der Waals surface area contributed by atoms with Crippen molar-refractivity contribution in [1.82, 2.24) is 10.2 Å². The van der Waals surface area contributed by atoms with Gasteiger partial charge in [0, 0.05) is 6.54 Å². The fourth-order valence-electron chi connectivity index (χ4n) is 4.15. The number of rotatable bonds is 7. The van der Waals surface area contributed by atoms with E-state index in [1.54, 1.807) is 31.4 Å². The van der Waals surface area contributed by atoms with Crippen molar-refractivity contribution in [3.63, 3.8) is 0 Å². The van der Waals surface area contributed by atoms with Crippen LogP contribution in [0, 0.1) is 11.3 Å². The zero-order valence-corrected chi connectivity index (χ0v) is 20.5. The summed E-state index contributed by atoms with van der Waals surface area (Å²) in [5, 5.41) is 12.4. The zero-order chi connectivity index (χ0) is 25.8. The lowest BCUT2D eigenvalue weighted by Crippen LogP contribution is -2.40. The second kappa shape index (κ2) is 10.6. The molecule has 0 spiro atoms. The number of fused-ring (bicyclic) bond motifs is 1. The van der Waals surface area contributed by atoms with E-state index >= 15 is 0 Å². The molecule has 2 aliphatic rings. The van der Waals surface area contributed by atoms with E-state index in [1.807, 2.05) is 30.3 Å². The van der Waals surface area contributed by atoms with Crippen LogP contribution in [0.5, 0.6) is 5.75 Å². The maximum Gasteiger partial charge on any atom is 0.307 e. The molecule has 3 N–H and O–H groups in total. The molecular formula is C26H24N4O5S. The molecule has 2 aromatic rings. The molecule has 36 heavy (non-hydrogen) atoms. The van der Waals surface area contributed by atoms with Crippen LogP contribution in [0.2, 0.25) is 0 Å². The van der Waals surface area contributed by atoms with Crippen molar-refractivity contribution in [3.8, 4) is 11.8 Å². The lowest BCUT2D eigenvalue weighted by atomic mass is 9.82. The zero-order valence-electron chi connectivity index (χ0n) is 19.7. The largest absolute Gasteiger partial charge is 0.497 e. The first-order chi connectivity index (χ1) is 17.4.